The molecule has 1 saturated carbocycles. The van der Waals surface area contributed by atoms with E-state index in [2.05, 4.69) is 24.4 Å². The van der Waals surface area contributed by atoms with Crippen molar-refractivity contribution >= 4 is 5.78 Å². The average Bonchev–Trinajstić information content (AvgIpc) is 2.91. The van der Waals surface area contributed by atoms with Crippen LogP contribution in [0.1, 0.15) is 54.4 Å². The summed E-state index contributed by atoms with van der Waals surface area (Å²) in [5.74, 6) is 0.877. The maximum atomic E-state index is 12.8. The molecule has 3 heteroatoms. The molecule has 0 radical (unpaired) electrons. The molecule has 1 aliphatic carbocycles. The van der Waals surface area contributed by atoms with Crippen molar-refractivity contribution in [3.05, 3.63) is 35.4 Å². The largest absolute Gasteiger partial charge is 0.379 e. The van der Waals surface area contributed by atoms with Crippen LogP contribution in [-0.2, 0) is 4.74 Å². The molecule has 2 unspecified atom stereocenters. The zero-order valence-electron chi connectivity index (χ0n) is 12.8. The summed E-state index contributed by atoms with van der Waals surface area (Å²) in [7, 11) is 0. The van der Waals surface area contributed by atoms with E-state index in [-0.39, 0.29) is 17.7 Å². The maximum absolute atomic E-state index is 12.8. The van der Waals surface area contributed by atoms with Gasteiger partial charge in [-0.15, -0.1) is 0 Å². The van der Waals surface area contributed by atoms with E-state index in [0.717, 1.165) is 18.5 Å². The molecule has 1 saturated heterocycles. The summed E-state index contributed by atoms with van der Waals surface area (Å²) in [6.45, 7) is 4.29. The van der Waals surface area contributed by atoms with Crippen LogP contribution in [0.15, 0.2) is 24.3 Å². The van der Waals surface area contributed by atoms with Crippen LogP contribution < -0.4 is 5.32 Å². The Morgan fingerprint density at radius 3 is 2.90 bits per heavy atom. The molecule has 2 atom stereocenters. The third kappa shape index (κ3) is 3.19. The number of hydrogen-bond donors (Lipinski definition) is 1. The Bertz CT molecular complexity index is 496. The lowest BCUT2D eigenvalue weighted by molar-refractivity contribution is 0.0891. The molecule has 2 aliphatic rings. The number of rotatable bonds is 6. The Hall–Kier alpha value is -1.19. The van der Waals surface area contributed by atoms with Gasteiger partial charge in [-0.2, -0.15) is 0 Å². The lowest BCUT2D eigenvalue weighted by Crippen LogP contribution is -2.39. The first-order valence-electron chi connectivity index (χ1n) is 8.25. The van der Waals surface area contributed by atoms with Crippen LogP contribution >= 0.6 is 0 Å². The Balaban J connectivity index is 1.71. The van der Waals surface area contributed by atoms with Gasteiger partial charge in [0.1, 0.15) is 0 Å². The van der Waals surface area contributed by atoms with Crippen LogP contribution in [0.4, 0.5) is 0 Å². The normalized spacial score (nSPS) is 25.8. The molecule has 0 aromatic heterocycles. The molecule has 1 aromatic rings. The fraction of sp³-hybridized carbons (Fsp3) is 0.611. The van der Waals surface area contributed by atoms with Gasteiger partial charge in [0.2, 0.25) is 0 Å². The molecular formula is C18H25NO2. The van der Waals surface area contributed by atoms with Gasteiger partial charge in [0.05, 0.1) is 19.1 Å². The summed E-state index contributed by atoms with van der Waals surface area (Å²) in [4.78, 5) is 12.8. The van der Waals surface area contributed by atoms with Crippen molar-refractivity contribution in [3.8, 4) is 0 Å². The van der Waals surface area contributed by atoms with Crippen molar-refractivity contribution in [1.29, 1.82) is 0 Å². The van der Waals surface area contributed by atoms with Gasteiger partial charge in [-0.3, -0.25) is 4.79 Å². The highest BCUT2D eigenvalue weighted by molar-refractivity contribution is 5.98. The number of nitrogens with one attached hydrogen (secondary N) is 1. The second kappa shape index (κ2) is 6.71. The monoisotopic (exact) mass is 287 g/mol. The molecule has 1 heterocycles. The topological polar surface area (TPSA) is 38.3 Å². The van der Waals surface area contributed by atoms with E-state index in [1.807, 2.05) is 12.1 Å². The summed E-state index contributed by atoms with van der Waals surface area (Å²) in [5, 5.41) is 3.45. The molecule has 1 aliphatic heterocycles. The van der Waals surface area contributed by atoms with Crippen molar-refractivity contribution in [2.45, 2.75) is 44.6 Å². The number of Topliss-reactive ketones (excluding diaryl/α,β-unsaturated/α-hetero) is 1. The number of benzene rings is 1. The molecule has 0 amide bonds. The Kier molecular flexibility index (Phi) is 4.71. The Morgan fingerprint density at radius 1 is 1.33 bits per heavy atom. The summed E-state index contributed by atoms with van der Waals surface area (Å²) in [6, 6.07) is 8.44. The third-order valence-electron chi connectivity index (χ3n) is 4.82. The lowest BCUT2D eigenvalue weighted by Gasteiger charge is -2.26. The Labute approximate surface area is 127 Å². The van der Waals surface area contributed by atoms with Crippen molar-refractivity contribution in [1.82, 2.24) is 5.32 Å². The first-order valence-corrected chi connectivity index (χ1v) is 8.25. The van der Waals surface area contributed by atoms with Gasteiger partial charge < -0.3 is 10.1 Å². The van der Waals surface area contributed by atoms with E-state index in [1.165, 1.54) is 24.8 Å². The Morgan fingerprint density at radius 2 is 2.19 bits per heavy atom. The van der Waals surface area contributed by atoms with Gasteiger partial charge in [0.15, 0.2) is 5.78 Å². The molecule has 3 nitrogen and oxygen atoms in total. The summed E-state index contributed by atoms with van der Waals surface area (Å²) in [5.41, 5.74) is 2.20. The molecule has 114 valence electrons. The third-order valence-corrected chi connectivity index (χ3v) is 4.82. The second-order valence-corrected chi connectivity index (χ2v) is 6.32. The van der Waals surface area contributed by atoms with Gasteiger partial charge in [-0.05, 0) is 43.4 Å². The number of ether oxygens (including phenoxy) is 1. The van der Waals surface area contributed by atoms with E-state index in [4.69, 9.17) is 4.74 Å². The minimum absolute atomic E-state index is 0.0341. The SMILES string of the molecule is CCCNC1COCC1C(=O)c1cccc(C2CCC2)c1. The molecule has 3 rings (SSSR count). The zero-order valence-corrected chi connectivity index (χ0v) is 12.8. The van der Waals surface area contributed by atoms with E-state index >= 15 is 0 Å². The van der Waals surface area contributed by atoms with Crippen LogP contribution in [0.3, 0.4) is 0 Å². The number of carbonyl (C=O) groups is 1. The van der Waals surface area contributed by atoms with Gasteiger partial charge in [0, 0.05) is 11.6 Å². The van der Waals surface area contributed by atoms with Gasteiger partial charge in [-0.25, -0.2) is 0 Å². The van der Waals surface area contributed by atoms with Crippen molar-refractivity contribution in [2.75, 3.05) is 19.8 Å². The molecular weight excluding hydrogens is 262 g/mol. The first-order chi connectivity index (χ1) is 10.3. The predicted octanol–water partition coefficient (Wildman–Crippen LogP) is 3.15. The zero-order chi connectivity index (χ0) is 14.7. The molecule has 0 bridgehead atoms. The molecule has 1 aromatic carbocycles. The minimum Gasteiger partial charge on any atom is -0.379 e. The van der Waals surface area contributed by atoms with Crippen LogP contribution in [0.5, 0.6) is 0 Å². The second-order valence-electron chi connectivity index (χ2n) is 6.32. The van der Waals surface area contributed by atoms with Gasteiger partial charge >= 0.3 is 0 Å². The van der Waals surface area contributed by atoms with Crippen molar-refractivity contribution in [3.63, 3.8) is 0 Å². The average molecular weight is 287 g/mol. The maximum Gasteiger partial charge on any atom is 0.169 e. The summed E-state index contributed by atoms with van der Waals surface area (Å²) < 4.78 is 5.54. The highest BCUT2D eigenvalue weighted by Crippen LogP contribution is 2.36. The molecule has 1 N–H and O–H groups in total. The minimum atomic E-state index is -0.0341. The lowest BCUT2D eigenvalue weighted by atomic mass is 9.79. The molecule has 21 heavy (non-hydrogen) atoms. The van der Waals surface area contributed by atoms with Crippen LogP contribution in [0.2, 0.25) is 0 Å². The van der Waals surface area contributed by atoms with Crippen molar-refractivity contribution < 1.29 is 9.53 Å². The smallest absolute Gasteiger partial charge is 0.169 e. The summed E-state index contributed by atoms with van der Waals surface area (Å²) >= 11 is 0. The predicted molar refractivity (Wildman–Crippen MR) is 83.8 cm³/mol. The highest BCUT2D eigenvalue weighted by Gasteiger charge is 2.34. The standard InChI is InChI=1S/C18H25NO2/c1-2-9-19-17-12-21-11-16(17)18(20)15-8-4-7-14(10-15)13-5-3-6-13/h4,7-8,10,13,16-17,19H,2-3,5-6,9,11-12H2,1H3. The fourth-order valence-corrected chi connectivity index (χ4v) is 3.25. The number of carbonyl (C=O) groups excluding carboxylic acids is 1. The van der Waals surface area contributed by atoms with Gasteiger partial charge in [0.25, 0.3) is 0 Å². The number of hydrogen-bond acceptors (Lipinski definition) is 3. The van der Waals surface area contributed by atoms with E-state index in [0.29, 0.717) is 19.1 Å². The highest BCUT2D eigenvalue weighted by atomic mass is 16.5. The number of ketones is 1. The fourth-order valence-electron chi connectivity index (χ4n) is 3.25. The van der Waals surface area contributed by atoms with Crippen LogP contribution in [-0.4, -0.2) is 31.6 Å². The van der Waals surface area contributed by atoms with Gasteiger partial charge in [-0.1, -0.05) is 31.5 Å². The van der Waals surface area contributed by atoms with Crippen LogP contribution in [0, 0.1) is 5.92 Å². The quantitative estimate of drug-likeness (QED) is 0.817. The van der Waals surface area contributed by atoms with Crippen LogP contribution in [0.25, 0.3) is 0 Å². The molecule has 2 fully saturated rings. The molecule has 0 spiro atoms. The van der Waals surface area contributed by atoms with E-state index in [1.54, 1.807) is 0 Å². The van der Waals surface area contributed by atoms with E-state index < -0.39 is 0 Å². The first kappa shape index (κ1) is 14.7. The summed E-state index contributed by atoms with van der Waals surface area (Å²) in [6.07, 6.45) is 4.94. The van der Waals surface area contributed by atoms with E-state index in [9.17, 15) is 4.79 Å². The van der Waals surface area contributed by atoms with Crippen molar-refractivity contribution in [2.24, 2.45) is 5.92 Å².